The Morgan fingerprint density at radius 1 is 1.50 bits per heavy atom. The molecule has 5 nitrogen and oxygen atoms in total. The van der Waals surface area contributed by atoms with Crippen LogP contribution in [-0.2, 0) is 0 Å². The Morgan fingerprint density at radius 3 is 2.88 bits per heavy atom. The molecule has 0 fully saturated rings. The molecular formula is C10H17ClN4O. The number of halogens is 1. The quantitative estimate of drug-likeness (QED) is 0.789. The van der Waals surface area contributed by atoms with E-state index < -0.39 is 0 Å². The first-order chi connectivity index (χ1) is 7.69. The molecule has 0 saturated heterocycles. The molecule has 0 aromatic carbocycles. The van der Waals surface area contributed by atoms with Gasteiger partial charge >= 0.3 is 0 Å². The third-order valence-corrected chi connectivity index (χ3v) is 2.46. The van der Waals surface area contributed by atoms with Gasteiger partial charge in [-0.3, -0.25) is 0 Å². The summed E-state index contributed by atoms with van der Waals surface area (Å²) in [6.07, 6.45) is 3.57. The number of hydrogen-bond donors (Lipinski definition) is 2. The lowest BCUT2D eigenvalue weighted by molar-refractivity contribution is 0.301. The van der Waals surface area contributed by atoms with Crippen LogP contribution in [0.5, 0.6) is 0 Å². The molecule has 1 heterocycles. The molecule has 90 valence electrons. The van der Waals surface area contributed by atoms with E-state index in [-0.39, 0.29) is 12.6 Å². The SMILES string of the molecule is CCCCN(CCO)c1nc(N)ncc1Cl. The highest BCUT2D eigenvalue weighted by Crippen LogP contribution is 2.23. The van der Waals surface area contributed by atoms with Gasteiger partial charge in [0.05, 0.1) is 12.8 Å². The fourth-order valence-corrected chi connectivity index (χ4v) is 1.60. The van der Waals surface area contributed by atoms with Gasteiger partial charge < -0.3 is 15.7 Å². The smallest absolute Gasteiger partial charge is 0.222 e. The predicted molar refractivity (Wildman–Crippen MR) is 65.7 cm³/mol. The van der Waals surface area contributed by atoms with Crippen LogP contribution >= 0.6 is 11.6 Å². The minimum Gasteiger partial charge on any atom is -0.395 e. The summed E-state index contributed by atoms with van der Waals surface area (Å²) in [7, 11) is 0. The summed E-state index contributed by atoms with van der Waals surface area (Å²) in [4.78, 5) is 9.82. The van der Waals surface area contributed by atoms with E-state index in [1.807, 2.05) is 4.90 Å². The van der Waals surface area contributed by atoms with Crippen molar-refractivity contribution < 1.29 is 5.11 Å². The van der Waals surface area contributed by atoms with Gasteiger partial charge in [-0.25, -0.2) is 4.98 Å². The molecule has 3 N–H and O–H groups in total. The molecule has 0 aliphatic carbocycles. The van der Waals surface area contributed by atoms with Crippen LogP contribution < -0.4 is 10.6 Å². The number of nitrogen functional groups attached to an aromatic ring is 1. The number of rotatable bonds is 6. The van der Waals surface area contributed by atoms with Gasteiger partial charge in [-0.2, -0.15) is 4.98 Å². The van der Waals surface area contributed by atoms with Crippen LogP contribution in [0.2, 0.25) is 5.02 Å². The van der Waals surface area contributed by atoms with E-state index in [9.17, 15) is 0 Å². The van der Waals surface area contributed by atoms with Crippen LogP contribution in [0.15, 0.2) is 6.20 Å². The molecule has 0 unspecified atom stereocenters. The third kappa shape index (κ3) is 3.50. The zero-order chi connectivity index (χ0) is 12.0. The summed E-state index contributed by atoms with van der Waals surface area (Å²) in [6.45, 7) is 3.46. The van der Waals surface area contributed by atoms with Crippen molar-refractivity contribution >= 4 is 23.4 Å². The minimum atomic E-state index is 0.0595. The van der Waals surface area contributed by atoms with Crippen LogP contribution in [-0.4, -0.2) is 34.8 Å². The molecule has 6 heteroatoms. The Morgan fingerprint density at radius 2 is 2.25 bits per heavy atom. The lowest BCUT2D eigenvalue weighted by atomic mass is 10.3. The second-order valence-electron chi connectivity index (χ2n) is 3.46. The molecule has 1 aromatic heterocycles. The molecule has 0 amide bonds. The molecule has 1 aromatic rings. The Balaban J connectivity index is 2.85. The average Bonchev–Trinajstić information content (AvgIpc) is 2.28. The molecule has 0 atom stereocenters. The highest BCUT2D eigenvalue weighted by molar-refractivity contribution is 6.32. The van der Waals surface area contributed by atoms with E-state index in [2.05, 4.69) is 16.9 Å². The van der Waals surface area contributed by atoms with Gasteiger partial charge in [-0.1, -0.05) is 24.9 Å². The Labute approximate surface area is 100 Å². The molecule has 0 aliphatic heterocycles. The normalized spacial score (nSPS) is 10.4. The van der Waals surface area contributed by atoms with Gasteiger partial charge in [0.15, 0.2) is 5.82 Å². The van der Waals surface area contributed by atoms with Crippen LogP contribution in [0.4, 0.5) is 11.8 Å². The Hall–Kier alpha value is -1.07. The topological polar surface area (TPSA) is 75.3 Å². The first-order valence-corrected chi connectivity index (χ1v) is 5.70. The lowest BCUT2D eigenvalue weighted by Crippen LogP contribution is -2.29. The van der Waals surface area contributed by atoms with E-state index in [1.165, 1.54) is 6.20 Å². The highest BCUT2D eigenvalue weighted by Gasteiger charge is 2.12. The zero-order valence-electron chi connectivity index (χ0n) is 9.36. The maximum atomic E-state index is 9.00. The van der Waals surface area contributed by atoms with Crippen molar-refractivity contribution in [1.82, 2.24) is 9.97 Å². The number of nitrogens with zero attached hydrogens (tertiary/aromatic N) is 3. The molecule has 1 rings (SSSR count). The summed E-state index contributed by atoms with van der Waals surface area (Å²) in [5, 5.41) is 9.46. The predicted octanol–water partition coefficient (Wildman–Crippen LogP) is 1.31. The number of hydrogen-bond acceptors (Lipinski definition) is 5. The Bertz CT molecular complexity index is 335. The second-order valence-corrected chi connectivity index (χ2v) is 3.87. The standard InChI is InChI=1S/C10H17ClN4O/c1-2-3-4-15(5-6-16)9-8(11)7-13-10(12)14-9/h7,16H,2-6H2,1H3,(H2,12,13,14). The Kier molecular flexibility index (Phi) is 5.28. The van der Waals surface area contributed by atoms with Crippen LogP contribution in [0.3, 0.4) is 0 Å². The van der Waals surface area contributed by atoms with Crippen molar-refractivity contribution in [2.75, 3.05) is 30.3 Å². The summed E-state index contributed by atoms with van der Waals surface area (Å²) in [6, 6.07) is 0. The summed E-state index contributed by atoms with van der Waals surface area (Å²) < 4.78 is 0. The molecular weight excluding hydrogens is 228 g/mol. The summed E-state index contributed by atoms with van der Waals surface area (Å²) >= 11 is 6.00. The molecule has 0 saturated carbocycles. The van der Waals surface area contributed by atoms with E-state index >= 15 is 0 Å². The van der Waals surface area contributed by atoms with Crippen molar-refractivity contribution in [3.8, 4) is 0 Å². The van der Waals surface area contributed by atoms with Crippen LogP contribution in [0.1, 0.15) is 19.8 Å². The molecule has 0 radical (unpaired) electrons. The van der Waals surface area contributed by atoms with Crippen molar-refractivity contribution in [1.29, 1.82) is 0 Å². The maximum absolute atomic E-state index is 9.00. The van der Waals surface area contributed by atoms with E-state index in [1.54, 1.807) is 0 Å². The van der Waals surface area contributed by atoms with E-state index in [4.69, 9.17) is 22.4 Å². The monoisotopic (exact) mass is 244 g/mol. The first kappa shape index (κ1) is 13.0. The fourth-order valence-electron chi connectivity index (χ4n) is 1.39. The van der Waals surface area contributed by atoms with Crippen molar-refractivity contribution in [2.24, 2.45) is 0 Å². The van der Waals surface area contributed by atoms with Crippen molar-refractivity contribution in [3.63, 3.8) is 0 Å². The highest BCUT2D eigenvalue weighted by atomic mass is 35.5. The number of anilines is 2. The summed E-state index contributed by atoms with van der Waals surface area (Å²) in [5.74, 6) is 0.788. The largest absolute Gasteiger partial charge is 0.395 e. The lowest BCUT2D eigenvalue weighted by Gasteiger charge is -2.23. The van der Waals surface area contributed by atoms with Gasteiger partial charge in [-0.05, 0) is 6.42 Å². The van der Waals surface area contributed by atoms with Gasteiger partial charge in [0.2, 0.25) is 5.95 Å². The molecule has 0 bridgehead atoms. The van der Waals surface area contributed by atoms with Gasteiger partial charge in [0.25, 0.3) is 0 Å². The van der Waals surface area contributed by atoms with Gasteiger partial charge in [-0.15, -0.1) is 0 Å². The summed E-state index contributed by atoms with van der Waals surface area (Å²) in [5.41, 5.74) is 5.52. The van der Waals surface area contributed by atoms with E-state index in [0.717, 1.165) is 19.4 Å². The zero-order valence-corrected chi connectivity index (χ0v) is 10.1. The van der Waals surface area contributed by atoms with Crippen LogP contribution in [0, 0.1) is 0 Å². The van der Waals surface area contributed by atoms with Crippen molar-refractivity contribution in [2.45, 2.75) is 19.8 Å². The average molecular weight is 245 g/mol. The van der Waals surface area contributed by atoms with E-state index in [0.29, 0.717) is 17.4 Å². The number of aromatic nitrogens is 2. The molecule has 16 heavy (non-hydrogen) atoms. The van der Waals surface area contributed by atoms with Gasteiger partial charge in [0, 0.05) is 13.1 Å². The molecule has 0 aliphatic rings. The number of nitrogens with two attached hydrogens (primary N) is 1. The number of unbranched alkanes of at least 4 members (excludes halogenated alkanes) is 1. The molecule has 0 spiro atoms. The second kappa shape index (κ2) is 6.50. The minimum absolute atomic E-state index is 0.0595. The van der Waals surface area contributed by atoms with Gasteiger partial charge in [0.1, 0.15) is 5.02 Å². The number of aliphatic hydroxyl groups excluding tert-OH is 1. The van der Waals surface area contributed by atoms with Crippen molar-refractivity contribution in [3.05, 3.63) is 11.2 Å². The third-order valence-electron chi connectivity index (χ3n) is 2.20. The first-order valence-electron chi connectivity index (χ1n) is 5.32. The fraction of sp³-hybridized carbons (Fsp3) is 0.600. The maximum Gasteiger partial charge on any atom is 0.222 e. The number of aliphatic hydroxyl groups is 1. The van der Waals surface area contributed by atoms with Crippen LogP contribution in [0.25, 0.3) is 0 Å².